The third-order valence-corrected chi connectivity index (χ3v) is 8.29. The van der Waals surface area contributed by atoms with E-state index in [1.807, 2.05) is 49.4 Å². The van der Waals surface area contributed by atoms with Crippen molar-refractivity contribution in [3.63, 3.8) is 0 Å². The lowest BCUT2D eigenvalue weighted by Crippen LogP contribution is -2.59. The second-order valence-electron chi connectivity index (χ2n) is 10.2. The van der Waals surface area contributed by atoms with Gasteiger partial charge in [0.15, 0.2) is 0 Å². The van der Waals surface area contributed by atoms with Gasteiger partial charge in [-0.1, -0.05) is 56.0 Å². The summed E-state index contributed by atoms with van der Waals surface area (Å²) in [6.07, 6.45) is 4.08. The number of likely N-dealkylation sites (tertiary alicyclic amines) is 1. The Bertz CT molecular complexity index is 1270. The van der Waals surface area contributed by atoms with Gasteiger partial charge in [-0.2, -0.15) is 0 Å². The summed E-state index contributed by atoms with van der Waals surface area (Å²) in [6, 6.07) is 12.1. The van der Waals surface area contributed by atoms with E-state index in [-0.39, 0.29) is 31.6 Å². The number of nitrogens with zero attached hydrogens (tertiary/aromatic N) is 2. The van der Waals surface area contributed by atoms with Crippen LogP contribution in [0.2, 0.25) is 0 Å². The van der Waals surface area contributed by atoms with Crippen molar-refractivity contribution in [2.24, 2.45) is 11.8 Å². The average molecular weight is 519 g/mol. The minimum Gasteiger partial charge on any atom is -0.461 e. The Kier molecular flexibility index (Phi) is 7.11. The molecule has 0 saturated carbocycles. The first-order valence-corrected chi connectivity index (χ1v) is 13.2. The molecule has 200 valence electrons. The molecule has 0 radical (unpaired) electrons. The monoisotopic (exact) mass is 518 g/mol. The fourth-order valence-corrected chi connectivity index (χ4v) is 6.63. The van der Waals surface area contributed by atoms with Crippen molar-refractivity contribution in [3.05, 3.63) is 67.8 Å². The minimum absolute atomic E-state index is 0.0331. The summed E-state index contributed by atoms with van der Waals surface area (Å²) in [5.74, 6) is -2.83. The van der Waals surface area contributed by atoms with Crippen LogP contribution in [0.1, 0.15) is 26.2 Å². The van der Waals surface area contributed by atoms with Gasteiger partial charge in [0.25, 0.3) is 5.91 Å². The summed E-state index contributed by atoms with van der Waals surface area (Å²) in [4.78, 5) is 44.8. The number of carbonyl (C=O) groups excluding carboxylic acids is 3. The Morgan fingerprint density at radius 1 is 1.24 bits per heavy atom. The van der Waals surface area contributed by atoms with Gasteiger partial charge in [0.1, 0.15) is 18.2 Å². The zero-order chi connectivity index (χ0) is 27.0. The summed E-state index contributed by atoms with van der Waals surface area (Å²) in [5.41, 5.74) is -0.498. The number of anilines is 1. The number of fused-ring (bicyclic) bond motifs is 2. The van der Waals surface area contributed by atoms with E-state index in [0.717, 1.165) is 10.8 Å². The molecule has 3 aliphatic rings. The van der Waals surface area contributed by atoms with Gasteiger partial charge < -0.3 is 24.4 Å². The fraction of sp³-hybridized carbons (Fsp3) is 0.433. The molecule has 38 heavy (non-hydrogen) atoms. The zero-order valence-corrected chi connectivity index (χ0v) is 21.6. The third-order valence-electron chi connectivity index (χ3n) is 8.29. The number of hydrogen-bond donors (Lipinski definition) is 1. The molecule has 2 unspecified atom stereocenters. The lowest BCUT2D eigenvalue weighted by Gasteiger charge is -2.39. The summed E-state index contributed by atoms with van der Waals surface area (Å²) < 4.78 is 11.8. The van der Waals surface area contributed by atoms with Crippen LogP contribution in [0.25, 0.3) is 10.8 Å². The number of amides is 2. The highest BCUT2D eigenvalue weighted by Crippen LogP contribution is 2.59. The molecule has 6 atom stereocenters. The van der Waals surface area contributed by atoms with E-state index in [2.05, 4.69) is 13.2 Å². The van der Waals surface area contributed by atoms with Crippen LogP contribution in [0.5, 0.6) is 0 Å². The van der Waals surface area contributed by atoms with Crippen LogP contribution in [0.3, 0.4) is 0 Å². The molecule has 3 saturated heterocycles. The van der Waals surface area contributed by atoms with E-state index in [9.17, 15) is 19.5 Å². The van der Waals surface area contributed by atoms with E-state index in [4.69, 9.17) is 9.47 Å². The van der Waals surface area contributed by atoms with Gasteiger partial charge in [-0.15, -0.1) is 6.58 Å². The first kappa shape index (κ1) is 26.1. The van der Waals surface area contributed by atoms with Crippen LogP contribution >= 0.6 is 0 Å². The van der Waals surface area contributed by atoms with Crippen molar-refractivity contribution < 1.29 is 29.0 Å². The van der Waals surface area contributed by atoms with E-state index in [1.54, 1.807) is 11.0 Å². The topological polar surface area (TPSA) is 96.4 Å². The maximum absolute atomic E-state index is 14.5. The molecule has 2 aromatic rings. The molecule has 3 aliphatic heterocycles. The highest BCUT2D eigenvalue weighted by atomic mass is 16.6. The standard InChI is InChI=1S/C30H34N2O6/c1-4-15-31(22-12-11-19-9-7-8-10-20(19)17-22)28(35)26-30-14-13-23(38-30)24(29(36)37-16-5-2)25(30)27(34)32(26)21(6-3)18-33/h4-5,7-12,17,21,23-26,33H,1-2,6,13-16,18H2,3H3/t21-,23-,24+,25-,26?,30?/m0/s1. The summed E-state index contributed by atoms with van der Waals surface area (Å²) in [7, 11) is 0. The van der Waals surface area contributed by atoms with Gasteiger partial charge in [0.2, 0.25) is 5.91 Å². The van der Waals surface area contributed by atoms with Gasteiger partial charge in [-0.05, 0) is 42.2 Å². The predicted octanol–water partition coefficient (Wildman–Crippen LogP) is 3.23. The molecule has 3 heterocycles. The number of esters is 1. The van der Waals surface area contributed by atoms with Crippen LogP contribution in [0.15, 0.2) is 67.8 Å². The molecule has 3 fully saturated rings. The molecule has 1 N–H and O–H groups in total. The Morgan fingerprint density at radius 2 is 2.00 bits per heavy atom. The van der Waals surface area contributed by atoms with Crippen molar-refractivity contribution >= 4 is 34.2 Å². The first-order chi connectivity index (χ1) is 18.4. The Labute approximate surface area is 222 Å². The molecule has 2 amide bonds. The second kappa shape index (κ2) is 10.3. The third kappa shape index (κ3) is 3.94. The van der Waals surface area contributed by atoms with E-state index < -0.39 is 41.6 Å². The SMILES string of the molecule is C=CCOC(=O)[C@@H]1[C@@H]2CCC3(O2)C(C(=O)N(CC=C)c2ccc4ccccc4c2)N([C@@H](CC)CO)C(=O)[C@H]13. The minimum atomic E-state index is -1.17. The molecule has 0 aliphatic carbocycles. The Balaban J connectivity index is 1.59. The number of benzene rings is 2. The van der Waals surface area contributed by atoms with Gasteiger partial charge >= 0.3 is 5.97 Å². The van der Waals surface area contributed by atoms with Crippen molar-refractivity contribution in [2.45, 2.75) is 50.0 Å². The van der Waals surface area contributed by atoms with Crippen molar-refractivity contribution in [1.82, 2.24) is 4.90 Å². The smallest absolute Gasteiger partial charge is 0.312 e. The molecular weight excluding hydrogens is 484 g/mol. The molecule has 2 aromatic carbocycles. The number of aliphatic hydroxyl groups is 1. The Hall–Kier alpha value is -3.49. The predicted molar refractivity (Wildman–Crippen MR) is 143 cm³/mol. The highest BCUT2D eigenvalue weighted by molar-refractivity contribution is 6.05. The van der Waals surface area contributed by atoms with Gasteiger partial charge in [0.05, 0.1) is 30.6 Å². The molecule has 5 rings (SSSR count). The number of aliphatic hydroxyl groups excluding tert-OH is 1. The van der Waals surface area contributed by atoms with E-state index in [0.29, 0.717) is 24.9 Å². The van der Waals surface area contributed by atoms with Crippen LogP contribution in [-0.4, -0.2) is 71.3 Å². The second-order valence-corrected chi connectivity index (χ2v) is 10.2. The van der Waals surface area contributed by atoms with Crippen molar-refractivity contribution in [1.29, 1.82) is 0 Å². The average Bonchev–Trinajstić information content (AvgIpc) is 3.58. The lowest BCUT2D eigenvalue weighted by atomic mass is 9.70. The summed E-state index contributed by atoms with van der Waals surface area (Å²) in [5, 5.41) is 12.2. The van der Waals surface area contributed by atoms with Gasteiger partial charge in [-0.3, -0.25) is 14.4 Å². The van der Waals surface area contributed by atoms with Gasteiger partial charge in [-0.25, -0.2) is 0 Å². The number of carbonyl (C=O) groups is 3. The van der Waals surface area contributed by atoms with Crippen LogP contribution < -0.4 is 4.90 Å². The fourth-order valence-electron chi connectivity index (χ4n) is 6.63. The number of ether oxygens (including phenoxy) is 2. The van der Waals surface area contributed by atoms with Crippen LogP contribution in [0.4, 0.5) is 5.69 Å². The molecule has 8 nitrogen and oxygen atoms in total. The van der Waals surface area contributed by atoms with Crippen molar-refractivity contribution in [3.8, 4) is 0 Å². The molecule has 8 heteroatoms. The summed E-state index contributed by atoms with van der Waals surface area (Å²) >= 11 is 0. The first-order valence-electron chi connectivity index (χ1n) is 13.2. The van der Waals surface area contributed by atoms with Crippen LogP contribution in [-0.2, 0) is 23.9 Å². The molecule has 0 aromatic heterocycles. The van der Waals surface area contributed by atoms with Gasteiger partial charge in [0, 0.05) is 12.2 Å². The zero-order valence-electron chi connectivity index (χ0n) is 21.6. The summed E-state index contributed by atoms with van der Waals surface area (Å²) in [6.45, 7) is 9.27. The normalized spacial score (nSPS) is 28.3. The largest absolute Gasteiger partial charge is 0.461 e. The molecular formula is C30H34N2O6. The molecule has 2 bridgehead atoms. The van der Waals surface area contributed by atoms with E-state index >= 15 is 0 Å². The van der Waals surface area contributed by atoms with E-state index in [1.165, 1.54) is 11.0 Å². The maximum Gasteiger partial charge on any atom is 0.312 e. The van der Waals surface area contributed by atoms with Crippen LogP contribution in [0, 0.1) is 11.8 Å². The quantitative estimate of drug-likeness (QED) is 0.383. The highest BCUT2D eigenvalue weighted by Gasteiger charge is 2.75. The maximum atomic E-state index is 14.5. The Morgan fingerprint density at radius 3 is 2.68 bits per heavy atom. The van der Waals surface area contributed by atoms with Crippen molar-refractivity contribution in [2.75, 3.05) is 24.7 Å². The lowest BCUT2D eigenvalue weighted by molar-refractivity contribution is -0.154. The number of rotatable bonds is 10. The molecule has 1 spiro atoms. The number of hydrogen-bond acceptors (Lipinski definition) is 6.